The average Bonchev–Trinajstić information content (AvgIpc) is 2.67. The molecular formula is C25H31NSi. The fourth-order valence-corrected chi connectivity index (χ4v) is 6.24. The SMILES string of the molecule is [2H]C(C)(C)c1cccc(-c2cc(C([2H])(C)C)c([Si](C)(C)c3ccccc3)cn2)c1. The third kappa shape index (κ3) is 4.06. The van der Waals surface area contributed by atoms with Crippen molar-refractivity contribution < 1.29 is 2.74 Å². The second kappa shape index (κ2) is 7.81. The molecule has 0 amide bonds. The van der Waals surface area contributed by atoms with Gasteiger partial charge in [0.05, 0.1) is 5.69 Å². The van der Waals surface area contributed by atoms with Gasteiger partial charge in [-0.1, -0.05) is 94.5 Å². The van der Waals surface area contributed by atoms with Crippen molar-refractivity contribution in [1.29, 1.82) is 0 Å². The molecule has 0 saturated heterocycles. The first-order valence-electron chi connectivity index (χ1n) is 10.6. The summed E-state index contributed by atoms with van der Waals surface area (Å²) < 4.78 is 17.2. The molecule has 0 aliphatic carbocycles. The second-order valence-electron chi connectivity index (χ2n) is 8.19. The summed E-state index contributed by atoms with van der Waals surface area (Å²) >= 11 is 0. The van der Waals surface area contributed by atoms with E-state index in [4.69, 9.17) is 7.73 Å². The Balaban J connectivity index is 2.16. The van der Waals surface area contributed by atoms with Crippen LogP contribution in [-0.4, -0.2) is 13.1 Å². The molecule has 0 atom stereocenters. The van der Waals surface area contributed by atoms with Crippen molar-refractivity contribution in [3.05, 3.63) is 78.0 Å². The Bertz CT molecular complexity index is 999. The van der Waals surface area contributed by atoms with E-state index in [1.807, 2.05) is 58.2 Å². The molecule has 0 bridgehead atoms. The lowest BCUT2D eigenvalue weighted by Crippen LogP contribution is -2.54. The van der Waals surface area contributed by atoms with Crippen LogP contribution in [0.4, 0.5) is 0 Å². The highest BCUT2D eigenvalue weighted by molar-refractivity contribution is 7.00. The number of hydrogen-bond acceptors (Lipinski definition) is 1. The first-order chi connectivity index (χ1) is 13.4. The first-order valence-corrected chi connectivity index (χ1v) is 12.6. The summed E-state index contributed by atoms with van der Waals surface area (Å²) in [6.07, 6.45) is 2.00. The minimum Gasteiger partial charge on any atom is -0.256 e. The highest BCUT2D eigenvalue weighted by atomic mass is 28.3. The highest BCUT2D eigenvalue weighted by Gasteiger charge is 2.29. The van der Waals surface area contributed by atoms with Gasteiger partial charge in [-0.15, -0.1) is 0 Å². The molecule has 2 heteroatoms. The standard InChI is InChI=1S/C25H31NSi/c1-18(2)20-11-10-12-21(15-20)24-16-23(19(3)4)25(17-26-24)27(5,6)22-13-8-7-9-14-22/h7-19H,1-6H3/i18D,19D. The predicted octanol–water partition coefficient (Wildman–Crippen LogP) is 5.82. The molecule has 0 aliphatic heterocycles. The molecule has 2 aromatic carbocycles. The summed E-state index contributed by atoms with van der Waals surface area (Å²) in [4.78, 5) is 4.83. The van der Waals surface area contributed by atoms with Crippen molar-refractivity contribution in [2.24, 2.45) is 0 Å². The molecule has 1 aromatic heterocycles. The molecule has 27 heavy (non-hydrogen) atoms. The van der Waals surface area contributed by atoms with E-state index < -0.39 is 19.9 Å². The van der Waals surface area contributed by atoms with E-state index in [0.717, 1.165) is 22.4 Å². The second-order valence-corrected chi connectivity index (χ2v) is 12.6. The number of nitrogens with zero attached hydrogens (tertiary/aromatic N) is 1. The minimum absolute atomic E-state index is 0.657. The highest BCUT2D eigenvalue weighted by Crippen LogP contribution is 2.25. The molecule has 0 unspecified atom stereocenters. The van der Waals surface area contributed by atoms with Gasteiger partial charge < -0.3 is 0 Å². The molecule has 0 spiro atoms. The summed E-state index contributed by atoms with van der Waals surface area (Å²) in [5, 5.41) is 2.56. The van der Waals surface area contributed by atoms with Crippen LogP contribution in [-0.2, 0) is 0 Å². The topological polar surface area (TPSA) is 12.9 Å². The Morgan fingerprint density at radius 2 is 1.56 bits per heavy atom. The van der Waals surface area contributed by atoms with Gasteiger partial charge in [0.25, 0.3) is 0 Å². The number of rotatable bonds is 5. The molecule has 1 heterocycles. The van der Waals surface area contributed by atoms with Crippen LogP contribution in [0.5, 0.6) is 0 Å². The third-order valence-corrected chi connectivity index (χ3v) is 8.87. The zero-order chi connectivity index (χ0) is 21.4. The summed E-state index contributed by atoms with van der Waals surface area (Å²) in [6, 6.07) is 20.8. The van der Waals surface area contributed by atoms with Gasteiger partial charge in [-0.25, -0.2) is 0 Å². The Hall–Kier alpha value is -2.19. The van der Waals surface area contributed by atoms with E-state index in [0.29, 0.717) is 0 Å². The van der Waals surface area contributed by atoms with E-state index in [2.05, 4.69) is 49.5 Å². The average molecular weight is 376 g/mol. The van der Waals surface area contributed by atoms with Crippen molar-refractivity contribution in [2.45, 2.75) is 52.6 Å². The summed E-state index contributed by atoms with van der Waals surface area (Å²) in [5.41, 5.74) is 3.87. The lowest BCUT2D eigenvalue weighted by Gasteiger charge is -2.28. The van der Waals surface area contributed by atoms with Crippen molar-refractivity contribution in [1.82, 2.24) is 4.98 Å². The first kappa shape index (κ1) is 16.9. The van der Waals surface area contributed by atoms with Crippen LogP contribution >= 0.6 is 0 Å². The Morgan fingerprint density at radius 3 is 2.19 bits per heavy atom. The van der Waals surface area contributed by atoms with E-state index in [1.54, 1.807) is 0 Å². The van der Waals surface area contributed by atoms with Crippen LogP contribution in [0.15, 0.2) is 66.9 Å². The van der Waals surface area contributed by atoms with E-state index in [-0.39, 0.29) is 0 Å². The number of pyridine rings is 1. The van der Waals surface area contributed by atoms with E-state index in [9.17, 15) is 0 Å². The fraction of sp³-hybridized carbons (Fsp3) is 0.320. The van der Waals surface area contributed by atoms with E-state index >= 15 is 0 Å². The van der Waals surface area contributed by atoms with Crippen molar-refractivity contribution in [3.63, 3.8) is 0 Å². The third-order valence-electron chi connectivity index (χ3n) is 5.35. The lowest BCUT2D eigenvalue weighted by molar-refractivity contribution is 0.865. The maximum Gasteiger partial charge on any atom is 0.114 e. The van der Waals surface area contributed by atoms with Crippen LogP contribution < -0.4 is 10.4 Å². The lowest BCUT2D eigenvalue weighted by atomic mass is 9.97. The molecule has 140 valence electrons. The van der Waals surface area contributed by atoms with Crippen LogP contribution in [0.3, 0.4) is 0 Å². The molecule has 0 saturated carbocycles. The van der Waals surface area contributed by atoms with Crippen molar-refractivity contribution in [2.75, 3.05) is 0 Å². The maximum absolute atomic E-state index is 8.82. The van der Waals surface area contributed by atoms with Gasteiger partial charge in [-0.3, -0.25) is 4.98 Å². The number of benzene rings is 2. The Kier molecular flexibility index (Phi) is 4.90. The summed E-state index contributed by atoms with van der Waals surface area (Å²) in [5.74, 6) is -1.38. The number of aromatic nitrogens is 1. The molecular weight excluding hydrogens is 342 g/mol. The minimum atomic E-state index is -1.99. The molecule has 0 N–H and O–H groups in total. The monoisotopic (exact) mass is 375 g/mol. The molecule has 1 nitrogen and oxygen atoms in total. The van der Waals surface area contributed by atoms with Gasteiger partial charge in [0.15, 0.2) is 0 Å². The van der Waals surface area contributed by atoms with Gasteiger partial charge in [-0.2, -0.15) is 0 Å². The van der Waals surface area contributed by atoms with E-state index in [1.165, 1.54) is 10.4 Å². The summed E-state index contributed by atoms with van der Waals surface area (Å²) in [6.45, 7) is 12.4. The van der Waals surface area contributed by atoms with Crippen molar-refractivity contribution in [3.8, 4) is 11.3 Å². The molecule has 0 radical (unpaired) electrons. The van der Waals surface area contributed by atoms with Gasteiger partial charge >= 0.3 is 0 Å². The van der Waals surface area contributed by atoms with Gasteiger partial charge in [0.2, 0.25) is 0 Å². The van der Waals surface area contributed by atoms with Crippen LogP contribution in [0.25, 0.3) is 11.3 Å². The normalized spacial score (nSPS) is 13.9. The fourth-order valence-electron chi connectivity index (χ4n) is 3.52. The van der Waals surface area contributed by atoms with Gasteiger partial charge in [0, 0.05) is 14.5 Å². The van der Waals surface area contributed by atoms with Gasteiger partial charge in [-0.05, 0) is 40.2 Å². The Labute approximate surface area is 168 Å². The largest absolute Gasteiger partial charge is 0.256 e. The number of hydrogen-bond donors (Lipinski definition) is 0. The van der Waals surface area contributed by atoms with Crippen molar-refractivity contribution >= 4 is 18.4 Å². The molecule has 3 aromatic rings. The quantitative estimate of drug-likeness (QED) is 0.512. The molecule has 0 aliphatic rings. The predicted molar refractivity (Wildman–Crippen MR) is 121 cm³/mol. The zero-order valence-corrected chi connectivity index (χ0v) is 18.3. The molecule has 3 rings (SSSR count). The molecule has 0 fully saturated rings. The Morgan fingerprint density at radius 1 is 0.852 bits per heavy atom. The smallest absolute Gasteiger partial charge is 0.114 e. The van der Waals surface area contributed by atoms with Crippen LogP contribution in [0.2, 0.25) is 13.1 Å². The van der Waals surface area contributed by atoms with Crippen LogP contribution in [0.1, 0.15) is 53.4 Å². The van der Waals surface area contributed by atoms with Crippen LogP contribution in [0, 0.1) is 0 Å². The van der Waals surface area contributed by atoms with Gasteiger partial charge in [0.1, 0.15) is 8.07 Å². The maximum atomic E-state index is 8.82. The zero-order valence-electron chi connectivity index (χ0n) is 19.3. The summed E-state index contributed by atoms with van der Waals surface area (Å²) in [7, 11) is -1.99.